The molecule has 0 saturated carbocycles. The summed E-state index contributed by atoms with van der Waals surface area (Å²) in [5, 5.41) is 11.1. The van der Waals surface area contributed by atoms with E-state index in [0.717, 1.165) is 30.6 Å². The van der Waals surface area contributed by atoms with E-state index in [1.807, 2.05) is 19.1 Å². The number of aliphatic hydroxyl groups is 1. The molecule has 1 atom stereocenters. The van der Waals surface area contributed by atoms with Crippen LogP contribution in [0.2, 0.25) is 0 Å². The number of hydrogen-bond donors (Lipinski definition) is 1. The number of aliphatic hydroxyl groups excluding tert-OH is 1. The number of β-amino-alcohol motifs (C(OH)–C–C–N with tert-alkyl or cyclic N) is 1. The lowest BCUT2D eigenvalue weighted by Gasteiger charge is -2.30. The van der Waals surface area contributed by atoms with E-state index < -0.39 is 6.10 Å². The van der Waals surface area contributed by atoms with E-state index >= 15 is 0 Å². The van der Waals surface area contributed by atoms with Gasteiger partial charge in [0, 0.05) is 19.6 Å². The number of para-hydroxylation sites is 1. The monoisotopic (exact) mass is 349 g/mol. The van der Waals surface area contributed by atoms with Gasteiger partial charge < -0.3 is 5.11 Å². The zero-order chi connectivity index (χ0) is 18.1. The molecule has 5 nitrogen and oxygen atoms in total. The largest absolute Gasteiger partial charge is 0.390 e. The molecule has 5 heteroatoms. The quantitative estimate of drug-likeness (QED) is 0.784. The van der Waals surface area contributed by atoms with Crippen LogP contribution in [0.15, 0.2) is 53.6 Å². The van der Waals surface area contributed by atoms with Crippen LogP contribution in [0.25, 0.3) is 10.9 Å². The van der Waals surface area contributed by atoms with Gasteiger partial charge >= 0.3 is 0 Å². The van der Waals surface area contributed by atoms with E-state index in [0.29, 0.717) is 11.9 Å². The van der Waals surface area contributed by atoms with E-state index in [2.05, 4.69) is 34.1 Å². The molecule has 134 valence electrons. The molecule has 0 saturated heterocycles. The summed E-state index contributed by atoms with van der Waals surface area (Å²) in [5.74, 6) is 0. The predicted octanol–water partition coefficient (Wildman–Crippen LogP) is 2.12. The number of rotatable bonds is 4. The molecule has 0 amide bonds. The molecule has 0 aliphatic carbocycles. The molecule has 1 N–H and O–H groups in total. The summed E-state index contributed by atoms with van der Waals surface area (Å²) in [6, 6.07) is 14.1. The molecule has 0 spiro atoms. The van der Waals surface area contributed by atoms with Crippen LogP contribution >= 0.6 is 0 Å². The fourth-order valence-electron chi connectivity index (χ4n) is 3.76. The van der Waals surface area contributed by atoms with Crippen LogP contribution in [-0.2, 0) is 19.5 Å². The van der Waals surface area contributed by atoms with Crippen molar-refractivity contribution in [2.45, 2.75) is 32.5 Å². The van der Waals surface area contributed by atoms with E-state index in [1.54, 1.807) is 12.4 Å². The third-order valence-electron chi connectivity index (χ3n) is 5.14. The first-order chi connectivity index (χ1) is 12.6. The number of nitrogens with zero attached hydrogens (tertiary/aromatic N) is 3. The molecule has 3 aromatic rings. The molecule has 0 fully saturated rings. The van der Waals surface area contributed by atoms with Crippen LogP contribution in [0, 0.1) is 6.92 Å². The van der Waals surface area contributed by atoms with Crippen molar-refractivity contribution in [3.05, 3.63) is 75.8 Å². The van der Waals surface area contributed by atoms with Gasteiger partial charge in [-0.2, -0.15) is 0 Å². The van der Waals surface area contributed by atoms with Crippen molar-refractivity contribution in [1.29, 1.82) is 0 Å². The zero-order valence-corrected chi connectivity index (χ0v) is 14.9. The summed E-state index contributed by atoms with van der Waals surface area (Å²) in [7, 11) is 0. The average molecular weight is 349 g/mol. The lowest BCUT2D eigenvalue weighted by atomic mass is 10.00. The fraction of sp³-hybridized carbons (Fsp3) is 0.333. The van der Waals surface area contributed by atoms with Crippen molar-refractivity contribution in [2.75, 3.05) is 13.1 Å². The lowest BCUT2D eigenvalue weighted by Crippen LogP contribution is -2.39. The molecular weight excluding hydrogens is 326 g/mol. The van der Waals surface area contributed by atoms with Crippen molar-refractivity contribution in [3.63, 3.8) is 0 Å². The molecule has 2 heterocycles. The van der Waals surface area contributed by atoms with Crippen LogP contribution in [0.5, 0.6) is 0 Å². The topological polar surface area (TPSA) is 58.4 Å². The predicted molar refractivity (Wildman–Crippen MR) is 102 cm³/mol. The van der Waals surface area contributed by atoms with Gasteiger partial charge in [0.15, 0.2) is 0 Å². The van der Waals surface area contributed by atoms with E-state index in [-0.39, 0.29) is 12.1 Å². The Balaban J connectivity index is 1.47. The minimum atomic E-state index is -0.609. The second-order valence-electron chi connectivity index (χ2n) is 7.08. The number of hydrogen-bond acceptors (Lipinski definition) is 4. The van der Waals surface area contributed by atoms with E-state index in [9.17, 15) is 9.90 Å². The first kappa shape index (κ1) is 16.9. The summed E-state index contributed by atoms with van der Waals surface area (Å²) in [5.41, 5.74) is 4.34. The highest BCUT2D eigenvalue weighted by Gasteiger charge is 2.19. The van der Waals surface area contributed by atoms with Crippen molar-refractivity contribution in [1.82, 2.24) is 14.5 Å². The molecule has 2 aromatic carbocycles. The van der Waals surface area contributed by atoms with Gasteiger partial charge in [-0.05, 0) is 36.1 Å². The summed E-state index contributed by atoms with van der Waals surface area (Å²) >= 11 is 0. The summed E-state index contributed by atoms with van der Waals surface area (Å²) in [6.07, 6.45) is 1.94. The Morgan fingerprint density at radius 2 is 1.92 bits per heavy atom. The smallest absolute Gasteiger partial charge is 0.261 e. The Bertz CT molecular complexity index is 996. The number of aryl methyl sites for hydroxylation is 1. The maximum Gasteiger partial charge on any atom is 0.261 e. The zero-order valence-electron chi connectivity index (χ0n) is 14.9. The third kappa shape index (κ3) is 3.28. The highest BCUT2D eigenvalue weighted by Crippen LogP contribution is 2.18. The van der Waals surface area contributed by atoms with Crippen molar-refractivity contribution in [3.8, 4) is 0 Å². The van der Waals surface area contributed by atoms with Crippen LogP contribution in [0.4, 0.5) is 0 Å². The second kappa shape index (κ2) is 7.02. The van der Waals surface area contributed by atoms with Crippen LogP contribution < -0.4 is 5.56 Å². The van der Waals surface area contributed by atoms with Gasteiger partial charge in [-0.15, -0.1) is 0 Å². The summed E-state index contributed by atoms with van der Waals surface area (Å²) in [6.45, 7) is 4.53. The Kier molecular flexibility index (Phi) is 4.57. The van der Waals surface area contributed by atoms with Crippen molar-refractivity contribution in [2.24, 2.45) is 0 Å². The average Bonchev–Trinajstić information content (AvgIpc) is 2.64. The second-order valence-corrected chi connectivity index (χ2v) is 7.08. The minimum Gasteiger partial charge on any atom is -0.390 e. The van der Waals surface area contributed by atoms with Gasteiger partial charge in [0.05, 0.1) is 29.9 Å². The van der Waals surface area contributed by atoms with Crippen molar-refractivity contribution < 1.29 is 5.11 Å². The molecule has 1 aromatic heterocycles. The van der Waals surface area contributed by atoms with Gasteiger partial charge in [-0.1, -0.05) is 36.4 Å². The van der Waals surface area contributed by atoms with Crippen molar-refractivity contribution >= 4 is 10.9 Å². The molecular formula is C21H23N3O2. The maximum atomic E-state index is 12.7. The van der Waals surface area contributed by atoms with E-state index in [1.165, 1.54) is 15.7 Å². The Morgan fingerprint density at radius 1 is 1.12 bits per heavy atom. The normalized spacial score (nSPS) is 15.8. The number of fused-ring (bicyclic) bond motifs is 2. The van der Waals surface area contributed by atoms with Gasteiger partial charge in [-0.3, -0.25) is 14.3 Å². The highest BCUT2D eigenvalue weighted by atomic mass is 16.3. The Hall–Kier alpha value is -2.50. The summed E-state index contributed by atoms with van der Waals surface area (Å²) in [4.78, 5) is 19.3. The standard InChI is InChI=1S/C21H23N3O2/c1-15-5-4-8-19-20(15)22-14-24(21(19)26)13-18(25)12-23-10-9-16-6-2-3-7-17(16)11-23/h2-8,14,18,25H,9-13H2,1H3. The van der Waals surface area contributed by atoms with Gasteiger partial charge in [0.2, 0.25) is 0 Å². The molecule has 26 heavy (non-hydrogen) atoms. The molecule has 1 unspecified atom stereocenters. The molecule has 0 radical (unpaired) electrons. The summed E-state index contributed by atoms with van der Waals surface area (Å²) < 4.78 is 1.52. The molecule has 1 aliphatic heterocycles. The molecule has 4 rings (SSSR count). The lowest BCUT2D eigenvalue weighted by molar-refractivity contribution is 0.0908. The highest BCUT2D eigenvalue weighted by molar-refractivity contribution is 5.80. The number of aromatic nitrogens is 2. The van der Waals surface area contributed by atoms with E-state index in [4.69, 9.17) is 0 Å². The van der Waals surface area contributed by atoms with Gasteiger partial charge in [0.1, 0.15) is 0 Å². The first-order valence-corrected chi connectivity index (χ1v) is 9.04. The van der Waals surface area contributed by atoms with Crippen LogP contribution in [-0.4, -0.2) is 38.8 Å². The van der Waals surface area contributed by atoms with Gasteiger partial charge in [-0.25, -0.2) is 4.98 Å². The van der Waals surface area contributed by atoms with Gasteiger partial charge in [0.25, 0.3) is 5.56 Å². The van der Waals surface area contributed by atoms with Crippen LogP contribution in [0.3, 0.4) is 0 Å². The first-order valence-electron chi connectivity index (χ1n) is 9.04. The Morgan fingerprint density at radius 3 is 2.77 bits per heavy atom. The third-order valence-corrected chi connectivity index (χ3v) is 5.14. The molecule has 1 aliphatic rings. The minimum absolute atomic E-state index is 0.0956. The SMILES string of the molecule is Cc1cccc2c(=O)n(CC(O)CN3CCc4ccccc4C3)cnc12. The fourth-order valence-corrected chi connectivity index (χ4v) is 3.76. The number of benzene rings is 2. The Labute approximate surface area is 152 Å². The maximum absolute atomic E-state index is 12.7. The van der Waals surface area contributed by atoms with Crippen LogP contribution in [0.1, 0.15) is 16.7 Å². The molecule has 0 bridgehead atoms.